The van der Waals surface area contributed by atoms with Gasteiger partial charge in [0.1, 0.15) is 0 Å². The Bertz CT molecular complexity index is 91.3. The van der Waals surface area contributed by atoms with E-state index in [9.17, 15) is 0 Å². The summed E-state index contributed by atoms with van der Waals surface area (Å²) in [5.74, 6) is 1.27. The van der Waals surface area contributed by atoms with Gasteiger partial charge in [-0.2, -0.15) is 11.8 Å². The van der Waals surface area contributed by atoms with Gasteiger partial charge in [0.25, 0.3) is 0 Å². The molecule has 2 heteroatoms. The molecule has 10 heavy (non-hydrogen) atoms. The van der Waals surface area contributed by atoms with E-state index < -0.39 is 0 Å². The highest BCUT2D eigenvalue weighted by atomic mass is 32.2. The van der Waals surface area contributed by atoms with Crippen molar-refractivity contribution in [3.05, 3.63) is 0 Å². The van der Waals surface area contributed by atoms with Crippen molar-refractivity contribution < 1.29 is 0 Å². The summed E-state index contributed by atoms with van der Waals surface area (Å²) in [5.41, 5.74) is 0. The van der Waals surface area contributed by atoms with E-state index in [1.165, 1.54) is 25.0 Å². The minimum Gasteiger partial charge on any atom is -0.310 e. The lowest BCUT2D eigenvalue weighted by Gasteiger charge is -2.14. The van der Waals surface area contributed by atoms with Crippen molar-refractivity contribution in [3.8, 4) is 0 Å². The van der Waals surface area contributed by atoms with Gasteiger partial charge in [0.2, 0.25) is 0 Å². The van der Waals surface area contributed by atoms with Crippen LogP contribution in [0, 0.1) is 0 Å². The molecular weight excluding hydrogens is 142 g/mol. The summed E-state index contributed by atoms with van der Waals surface area (Å²) in [7, 11) is 0. The van der Waals surface area contributed by atoms with E-state index in [0.717, 1.165) is 12.1 Å². The first-order valence-electron chi connectivity index (χ1n) is 4.11. The van der Waals surface area contributed by atoms with Crippen LogP contribution in [0.5, 0.6) is 0 Å². The van der Waals surface area contributed by atoms with Crippen molar-refractivity contribution in [2.75, 3.05) is 12.0 Å². The first-order valence-corrected chi connectivity index (χ1v) is 5.51. The smallest absolute Gasteiger partial charge is 0.0158 e. The fourth-order valence-corrected chi connectivity index (χ4v) is 1.80. The summed E-state index contributed by atoms with van der Waals surface area (Å²) in [5, 5.41) is 3.62. The zero-order chi connectivity index (χ0) is 7.40. The molecule has 0 heterocycles. The highest BCUT2D eigenvalue weighted by molar-refractivity contribution is 7.98. The normalized spacial score (nSPS) is 21.0. The van der Waals surface area contributed by atoms with E-state index in [1.54, 1.807) is 0 Å². The van der Waals surface area contributed by atoms with E-state index in [4.69, 9.17) is 0 Å². The molecule has 60 valence electrons. The molecule has 1 aliphatic rings. The molecule has 0 spiro atoms. The number of nitrogens with one attached hydrogen (secondary N) is 1. The van der Waals surface area contributed by atoms with Gasteiger partial charge in [-0.3, -0.25) is 0 Å². The molecule has 0 aromatic carbocycles. The molecule has 0 radical (unpaired) electrons. The Balaban J connectivity index is 2.05. The monoisotopic (exact) mass is 159 g/mol. The molecule has 1 N–H and O–H groups in total. The third kappa shape index (κ3) is 2.93. The highest BCUT2D eigenvalue weighted by Crippen LogP contribution is 2.20. The van der Waals surface area contributed by atoms with E-state index in [-0.39, 0.29) is 0 Å². The van der Waals surface area contributed by atoms with Gasteiger partial charge in [0.05, 0.1) is 0 Å². The van der Waals surface area contributed by atoms with Crippen LogP contribution in [0.2, 0.25) is 0 Å². The van der Waals surface area contributed by atoms with Crippen LogP contribution in [-0.4, -0.2) is 24.1 Å². The van der Waals surface area contributed by atoms with Crippen LogP contribution in [-0.2, 0) is 0 Å². The summed E-state index contributed by atoms with van der Waals surface area (Å²) >= 11 is 1.94. The molecule has 1 aliphatic carbocycles. The van der Waals surface area contributed by atoms with E-state index in [1.807, 2.05) is 11.8 Å². The van der Waals surface area contributed by atoms with Crippen LogP contribution < -0.4 is 5.32 Å². The van der Waals surface area contributed by atoms with Gasteiger partial charge in [-0.05, 0) is 25.5 Å². The van der Waals surface area contributed by atoms with E-state index >= 15 is 0 Å². The molecule has 0 saturated heterocycles. The van der Waals surface area contributed by atoms with Crippen molar-refractivity contribution in [1.29, 1.82) is 0 Å². The zero-order valence-electron chi connectivity index (χ0n) is 6.89. The van der Waals surface area contributed by atoms with Crippen LogP contribution in [0.4, 0.5) is 0 Å². The molecule has 1 nitrogen and oxygen atoms in total. The van der Waals surface area contributed by atoms with Crippen LogP contribution in [0.25, 0.3) is 0 Å². The van der Waals surface area contributed by atoms with Gasteiger partial charge in [-0.15, -0.1) is 0 Å². The second-order valence-electron chi connectivity index (χ2n) is 3.00. The average Bonchev–Trinajstić information content (AvgIpc) is 2.71. The molecule has 1 rings (SSSR count). The topological polar surface area (TPSA) is 12.0 Å². The van der Waals surface area contributed by atoms with Crippen LogP contribution in [0.3, 0.4) is 0 Å². The molecule has 1 unspecified atom stereocenters. The second-order valence-corrected chi connectivity index (χ2v) is 3.91. The first kappa shape index (κ1) is 8.41. The lowest BCUT2D eigenvalue weighted by atomic mass is 10.2. The minimum atomic E-state index is 0.766. The molecule has 0 aliphatic heterocycles. The molecule has 1 saturated carbocycles. The largest absolute Gasteiger partial charge is 0.310 e. The predicted molar refractivity (Wildman–Crippen MR) is 48.6 cm³/mol. The van der Waals surface area contributed by atoms with E-state index in [2.05, 4.69) is 18.5 Å². The fourth-order valence-electron chi connectivity index (χ4n) is 1.07. The Hall–Kier alpha value is 0.310. The lowest BCUT2D eigenvalue weighted by molar-refractivity contribution is 0.538. The Morgan fingerprint density at radius 1 is 1.60 bits per heavy atom. The third-order valence-corrected chi connectivity index (χ3v) is 2.65. The van der Waals surface area contributed by atoms with Gasteiger partial charge in [0.15, 0.2) is 0 Å². The quantitative estimate of drug-likeness (QED) is 0.657. The van der Waals surface area contributed by atoms with Crippen LogP contribution in [0.15, 0.2) is 0 Å². The lowest BCUT2D eigenvalue weighted by Crippen LogP contribution is -2.32. The Morgan fingerprint density at radius 2 is 2.30 bits per heavy atom. The number of rotatable bonds is 5. The maximum atomic E-state index is 3.62. The summed E-state index contributed by atoms with van der Waals surface area (Å²) in [6.45, 7) is 2.26. The number of hydrogen-bond donors (Lipinski definition) is 1. The van der Waals surface area contributed by atoms with Crippen LogP contribution >= 0.6 is 11.8 Å². The van der Waals surface area contributed by atoms with Crippen molar-refractivity contribution in [3.63, 3.8) is 0 Å². The predicted octanol–water partition coefficient (Wildman–Crippen LogP) is 1.88. The summed E-state index contributed by atoms with van der Waals surface area (Å²) in [6, 6.07) is 1.64. The Kier molecular flexibility index (Phi) is 3.57. The molecule has 0 bridgehead atoms. The maximum Gasteiger partial charge on any atom is 0.0158 e. The zero-order valence-corrected chi connectivity index (χ0v) is 7.71. The Morgan fingerprint density at radius 3 is 2.70 bits per heavy atom. The van der Waals surface area contributed by atoms with E-state index in [0.29, 0.717) is 0 Å². The van der Waals surface area contributed by atoms with Crippen molar-refractivity contribution in [2.45, 2.75) is 38.3 Å². The van der Waals surface area contributed by atoms with Crippen molar-refractivity contribution in [1.82, 2.24) is 5.32 Å². The number of thioether (sulfide) groups is 1. The number of hydrogen-bond acceptors (Lipinski definition) is 2. The first-order chi connectivity index (χ1) is 4.86. The van der Waals surface area contributed by atoms with Gasteiger partial charge >= 0.3 is 0 Å². The fraction of sp³-hybridized carbons (Fsp3) is 1.00. The third-order valence-electron chi connectivity index (χ3n) is 1.91. The SMILES string of the molecule is CCC(CSC)NC1CC1. The summed E-state index contributed by atoms with van der Waals surface area (Å²) < 4.78 is 0. The maximum absolute atomic E-state index is 3.62. The molecule has 0 amide bonds. The highest BCUT2D eigenvalue weighted by Gasteiger charge is 2.23. The molecule has 0 aromatic heterocycles. The molecule has 0 aromatic rings. The summed E-state index contributed by atoms with van der Waals surface area (Å²) in [4.78, 5) is 0. The van der Waals surface area contributed by atoms with Gasteiger partial charge in [0, 0.05) is 17.8 Å². The van der Waals surface area contributed by atoms with Crippen molar-refractivity contribution >= 4 is 11.8 Å². The van der Waals surface area contributed by atoms with Gasteiger partial charge in [-0.25, -0.2) is 0 Å². The van der Waals surface area contributed by atoms with Gasteiger partial charge in [-0.1, -0.05) is 6.92 Å². The second kappa shape index (κ2) is 4.24. The van der Waals surface area contributed by atoms with Gasteiger partial charge < -0.3 is 5.32 Å². The average molecular weight is 159 g/mol. The minimum absolute atomic E-state index is 0.766. The van der Waals surface area contributed by atoms with Crippen LogP contribution in [0.1, 0.15) is 26.2 Å². The summed E-state index contributed by atoms with van der Waals surface area (Å²) in [6.07, 6.45) is 6.27. The Labute approximate surface area is 68.0 Å². The standard InChI is InChI=1S/C8H17NS/c1-3-7(6-10-2)9-8-4-5-8/h7-9H,3-6H2,1-2H3. The van der Waals surface area contributed by atoms with Crippen molar-refractivity contribution in [2.24, 2.45) is 0 Å². The molecular formula is C8H17NS. The molecule has 1 fully saturated rings. The molecule has 1 atom stereocenters.